The van der Waals surface area contributed by atoms with Gasteiger partial charge in [-0.2, -0.15) is 12.6 Å². The zero-order valence-electron chi connectivity index (χ0n) is 25.8. The van der Waals surface area contributed by atoms with Crippen molar-refractivity contribution < 1.29 is 4.79 Å². The van der Waals surface area contributed by atoms with Crippen molar-refractivity contribution in [1.82, 2.24) is 14.9 Å². The van der Waals surface area contributed by atoms with Gasteiger partial charge in [0.2, 0.25) is 0 Å². The van der Waals surface area contributed by atoms with E-state index in [1.165, 1.54) is 22.9 Å². The first-order valence-corrected chi connectivity index (χ1v) is 15.8. The van der Waals surface area contributed by atoms with Crippen molar-refractivity contribution in [3.63, 3.8) is 0 Å². The van der Waals surface area contributed by atoms with Gasteiger partial charge >= 0.3 is 0 Å². The number of carbonyl (C=O) groups is 1. The molecule has 6 heteroatoms. The first-order valence-electron chi connectivity index (χ1n) is 15.2. The second-order valence-electron chi connectivity index (χ2n) is 11.5. The Bertz CT molecular complexity index is 1560. The van der Waals surface area contributed by atoms with Gasteiger partial charge in [-0.3, -0.25) is 4.79 Å². The van der Waals surface area contributed by atoms with Gasteiger partial charge in [0, 0.05) is 35.4 Å². The molecule has 0 fully saturated rings. The predicted molar refractivity (Wildman–Crippen MR) is 186 cm³/mol. The van der Waals surface area contributed by atoms with E-state index in [0.717, 1.165) is 42.9 Å². The molecule has 0 aliphatic heterocycles. The van der Waals surface area contributed by atoms with Crippen LogP contribution in [0.4, 0.5) is 0 Å². The van der Waals surface area contributed by atoms with E-state index in [-0.39, 0.29) is 17.4 Å². The molecule has 0 aliphatic carbocycles. The minimum Gasteiger partial charge on any atom is -0.405 e. The molecule has 228 valence electrons. The summed E-state index contributed by atoms with van der Waals surface area (Å²) in [5, 5.41) is 3.19. The van der Waals surface area contributed by atoms with E-state index in [0.29, 0.717) is 17.9 Å². The normalized spacial score (nSPS) is 13.8. The van der Waals surface area contributed by atoms with Crippen LogP contribution in [-0.4, -0.2) is 27.8 Å². The molecule has 4 rings (SSSR count). The zero-order valence-corrected chi connectivity index (χ0v) is 26.7. The Labute approximate surface area is 268 Å². The van der Waals surface area contributed by atoms with Crippen LogP contribution in [0.5, 0.6) is 0 Å². The van der Waals surface area contributed by atoms with Gasteiger partial charge in [0.1, 0.15) is 5.82 Å². The van der Waals surface area contributed by atoms with E-state index in [9.17, 15) is 4.79 Å². The van der Waals surface area contributed by atoms with Gasteiger partial charge < -0.3 is 15.6 Å². The lowest BCUT2D eigenvalue weighted by molar-refractivity contribution is -0.117. The molecule has 3 N–H and O–H groups in total. The lowest BCUT2D eigenvalue weighted by atomic mass is 9.84. The predicted octanol–water partition coefficient (Wildman–Crippen LogP) is 7.09. The molecule has 44 heavy (non-hydrogen) atoms. The highest BCUT2D eigenvalue weighted by Crippen LogP contribution is 2.34. The Kier molecular flexibility index (Phi) is 11.8. The molecule has 2 atom stereocenters. The standard InChI is InChI=1S/C38H44N4OS/c1-4-33(21-14-24-39)36(43)40-27-34(23-22-30-15-8-5-9-16-30)42-29(2)35(25-31-17-10-6-11-18-31)41-37(42)38(3,28-44)26-32-19-12-7-13-20-32/h4-21,24,34,44H,1,22-23,25-28,39H2,2-3H3,(H,40,43)/b24-14-,33-21+/t34-,38+/m1/s1. The van der Waals surface area contributed by atoms with Crippen LogP contribution in [0.15, 0.2) is 128 Å². The number of thiol groups is 1. The van der Waals surface area contributed by atoms with Crippen molar-refractivity contribution in [2.45, 2.75) is 51.0 Å². The SMILES string of the molecule is C=C/C(=C\C=C/N)C(=O)NC[C@@H](CCc1ccccc1)n1c([C@](C)(CS)Cc2ccccc2)nc(Cc2ccccc2)c1C. The number of nitrogens with zero attached hydrogens (tertiary/aromatic N) is 2. The van der Waals surface area contributed by atoms with Crippen molar-refractivity contribution in [3.05, 3.63) is 161 Å². The van der Waals surface area contributed by atoms with Crippen LogP contribution in [-0.2, 0) is 29.5 Å². The Balaban J connectivity index is 1.79. The number of nitrogens with one attached hydrogen (secondary N) is 1. The van der Waals surface area contributed by atoms with Gasteiger partial charge in [0.05, 0.1) is 11.7 Å². The Morgan fingerprint density at radius 1 is 1.00 bits per heavy atom. The Morgan fingerprint density at radius 3 is 2.16 bits per heavy atom. The van der Waals surface area contributed by atoms with E-state index >= 15 is 0 Å². The molecule has 3 aromatic carbocycles. The van der Waals surface area contributed by atoms with Crippen LogP contribution in [0.2, 0.25) is 0 Å². The van der Waals surface area contributed by atoms with Crippen LogP contribution < -0.4 is 11.1 Å². The molecule has 0 unspecified atom stereocenters. The first kappa shape index (κ1) is 32.6. The van der Waals surface area contributed by atoms with Crippen LogP contribution in [0.3, 0.4) is 0 Å². The van der Waals surface area contributed by atoms with Crippen LogP contribution in [0, 0.1) is 6.92 Å². The van der Waals surface area contributed by atoms with Crippen molar-refractivity contribution in [3.8, 4) is 0 Å². The molecular formula is C38H44N4OS. The monoisotopic (exact) mass is 604 g/mol. The minimum atomic E-state index is -0.350. The summed E-state index contributed by atoms with van der Waals surface area (Å²) in [6, 6.07) is 31.4. The molecule has 1 amide bonds. The van der Waals surface area contributed by atoms with Gasteiger partial charge in [-0.15, -0.1) is 0 Å². The number of amides is 1. The lowest BCUT2D eigenvalue weighted by Crippen LogP contribution is -2.37. The number of nitrogens with two attached hydrogens (primary N) is 1. The summed E-state index contributed by atoms with van der Waals surface area (Å²) < 4.78 is 2.39. The number of aromatic nitrogens is 2. The van der Waals surface area contributed by atoms with Crippen molar-refractivity contribution in [2.75, 3.05) is 12.3 Å². The number of allylic oxidation sites excluding steroid dienone is 2. The van der Waals surface area contributed by atoms with Gasteiger partial charge in [-0.1, -0.05) is 111 Å². The fraction of sp³-hybridized carbons (Fsp3) is 0.263. The summed E-state index contributed by atoms with van der Waals surface area (Å²) in [5.74, 6) is 1.43. The highest BCUT2D eigenvalue weighted by atomic mass is 32.1. The van der Waals surface area contributed by atoms with Crippen molar-refractivity contribution in [2.24, 2.45) is 5.73 Å². The number of carbonyl (C=O) groups excluding carboxylic acids is 1. The summed E-state index contributed by atoms with van der Waals surface area (Å²) in [7, 11) is 0. The van der Waals surface area contributed by atoms with Gasteiger partial charge in [0.15, 0.2) is 0 Å². The molecule has 1 heterocycles. The molecule has 4 aromatic rings. The van der Waals surface area contributed by atoms with E-state index in [1.807, 2.05) is 18.2 Å². The summed E-state index contributed by atoms with van der Waals surface area (Å²) in [6.07, 6.45) is 9.48. The maximum Gasteiger partial charge on any atom is 0.251 e. The number of hydrogen-bond acceptors (Lipinski definition) is 4. The number of rotatable bonds is 15. The fourth-order valence-electron chi connectivity index (χ4n) is 5.65. The molecule has 0 radical (unpaired) electrons. The molecule has 5 nitrogen and oxygen atoms in total. The third-order valence-electron chi connectivity index (χ3n) is 8.13. The quantitative estimate of drug-likeness (QED) is 0.0771. The first-order chi connectivity index (χ1) is 21.4. The highest BCUT2D eigenvalue weighted by molar-refractivity contribution is 7.80. The van der Waals surface area contributed by atoms with Gasteiger partial charge in [0.25, 0.3) is 5.91 Å². The molecule has 0 saturated carbocycles. The van der Waals surface area contributed by atoms with Crippen molar-refractivity contribution in [1.29, 1.82) is 0 Å². The number of hydrogen-bond donors (Lipinski definition) is 3. The molecule has 0 aliphatic rings. The largest absolute Gasteiger partial charge is 0.405 e. The zero-order chi connectivity index (χ0) is 31.4. The summed E-state index contributed by atoms with van der Waals surface area (Å²) in [4.78, 5) is 18.6. The smallest absolute Gasteiger partial charge is 0.251 e. The number of aryl methyl sites for hydroxylation is 1. The highest BCUT2D eigenvalue weighted by Gasteiger charge is 2.35. The molecule has 1 aromatic heterocycles. The maximum absolute atomic E-state index is 13.2. The molecule has 0 saturated heterocycles. The molecular weight excluding hydrogens is 561 g/mol. The van der Waals surface area contributed by atoms with Crippen LogP contribution in [0.25, 0.3) is 0 Å². The third-order valence-corrected chi connectivity index (χ3v) is 8.83. The third kappa shape index (κ3) is 8.42. The number of imidazole rings is 1. The summed E-state index contributed by atoms with van der Waals surface area (Å²) in [6.45, 7) is 8.67. The average molecular weight is 605 g/mol. The fourth-order valence-corrected chi connectivity index (χ4v) is 5.90. The lowest BCUT2D eigenvalue weighted by Gasteiger charge is -2.32. The van der Waals surface area contributed by atoms with Crippen LogP contribution >= 0.6 is 12.6 Å². The second kappa shape index (κ2) is 16.0. The van der Waals surface area contributed by atoms with E-state index in [1.54, 1.807) is 18.2 Å². The topological polar surface area (TPSA) is 72.9 Å². The van der Waals surface area contributed by atoms with Crippen LogP contribution in [0.1, 0.15) is 53.3 Å². The van der Waals surface area contributed by atoms with Gasteiger partial charge in [-0.05, 0) is 61.2 Å². The Hall–Kier alpha value is -4.29. The minimum absolute atomic E-state index is 0.0442. The second-order valence-corrected chi connectivity index (χ2v) is 11.8. The maximum atomic E-state index is 13.2. The average Bonchev–Trinajstić information content (AvgIpc) is 3.38. The van der Waals surface area contributed by atoms with E-state index in [2.05, 4.69) is 103 Å². The van der Waals surface area contributed by atoms with E-state index in [4.69, 9.17) is 23.3 Å². The molecule has 0 spiro atoms. The Morgan fingerprint density at radius 2 is 1.59 bits per heavy atom. The number of benzene rings is 3. The van der Waals surface area contributed by atoms with Crippen molar-refractivity contribution >= 4 is 18.5 Å². The summed E-state index contributed by atoms with van der Waals surface area (Å²) in [5.41, 5.74) is 11.5. The van der Waals surface area contributed by atoms with Gasteiger partial charge in [-0.25, -0.2) is 4.98 Å². The van der Waals surface area contributed by atoms with E-state index < -0.39 is 0 Å². The summed E-state index contributed by atoms with van der Waals surface area (Å²) >= 11 is 4.91. The molecule has 0 bridgehead atoms.